The Bertz CT molecular complexity index is 561. The summed E-state index contributed by atoms with van der Waals surface area (Å²) in [6.45, 7) is 5.71. The fourth-order valence-corrected chi connectivity index (χ4v) is 2.38. The Balaban J connectivity index is 2.19. The number of anilines is 2. The number of nitrogens with zero attached hydrogens (tertiary/aromatic N) is 1. The Kier molecular flexibility index (Phi) is 3.69. The summed E-state index contributed by atoms with van der Waals surface area (Å²) < 4.78 is 0. The maximum Gasteiger partial charge on any atom is 0.223 e. The van der Waals surface area contributed by atoms with Gasteiger partial charge in [-0.2, -0.15) is 0 Å². The van der Waals surface area contributed by atoms with Gasteiger partial charge in [-0.1, -0.05) is 0 Å². The SMILES string of the molecule is CC(=O)/C=C(/C)Nc1ccc2c(c1)CCN2C(C)=O. The van der Waals surface area contributed by atoms with Gasteiger partial charge in [0.25, 0.3) is 0 Å². The van der Waals surface area contributed by atoms with Crippen molar-refractivity contribution in [2.45, 2.75) is 27.2 Å². The van der Waals surface area contributed by atoms with Gasteiger partial charge in [-0.25, -0.2) is 0 Å². The molecule has 0 bridgehead atoms. The van der Waals surface area contributed by atoms with Crippen molar-refractivity contribution in [2.24, 2.45) is 0 Å². The summed E-state index contributed by atoms with van der Waals surface area (Å²) >= 11 is 0. The predicted molar refractivity (Wildman–Crippen MR) is 76.2 cm³/mol. The van der Waals surface area contributed by atoms with E-state index < -0.39 is 0 Å². The van der Waals surface area contributed by atoms with E-state index in [0.29, 0.717) is 0 Å². The Morgan fingerprint density at radius 3 is 2.63 bits per heavy atom. The number of hydrogen-bond acceptors (Lipinski definition) is 3. The van der Waals surface area contributed by atoms with E-state index in [1.54, 1.807) is 17.9 Å². The van der Waals surface area contributed by atoms with Crippen LogP contribution in [-0.2, 0) is 16.0 Å². The van der Waals surface area contributed by atoms with Crippen molar-refractivity contribution >= 4 is 23.1 Å². The van der Waals surface area contributed by atoms with Gasteiger partial charge < -0.3 is 10.2 Å². The minimum absolute atomic E-state index is 0.0221. The lowest BCUT2D eigenvalue weighted by molar-refractivity contribution is -0.116. The van der Waals surface area contributed by atoms with Gasteiger partial charge in [-0.3, -0.25) is 9.59 Å². The number of allylic oxidation sites excluding steroid dienone is 2. The average Bonchev–Trinajstić information content (AvgIpc) is 2.70. The molecule has 4 heteroatoms. The molecule has 19 heavy (non-hydrogen) atoms. The van der Waals surface area contributed by atoms with E-state index in [9.17, 15) is 9.59 Å². The molecule has 1 aromatic rings. The fourth-order valence-electron chi connectivity index (χ4n) is 2.38. The van der Waals surface area contributed by atoms with Crippen molar-refractivity contribution in [1.29, 1.82) is 0 Å². The maximum absolute atomic E-state index is 11.5. The van der Waals surface area contributed by atoms with Crippen LogP contribution in [0.1, 0.15) is 26.3 Å². The lowest BCUT2D eigenvalue weighted by atomic mass is 10.1. The number of ketones is 1. The van der Waals surface area contributed by atoms with Crippen LogP contribution in [0.3, 0.4) is 0 Å². The first-order chi connectivity index (χ1) is 8.97. The summed E-state index contributed by atoms with van der Waals surface area (Å²) in [7, 11) is 0. The molecule has 0 saturated heterocycles. The molecule has 0 fully saturated rings. The molecule has 1 heterocycles. The lowest BCUT2D eigenvalue weighted by Gasteiger charge is -2.15. The van der Waals surface area contributed by atoms with E-state index in [0.717, 1.165) is 35.6 Å². The zero-order valence-corrected chi connectivity index (χ0v) is 11.5. The number of nitrogens with one attached hydrogen (secondary N) is 1. The maximum atomic E-state index is 11.5. The number of amides is 1. The van der Waals surface area contributed by atoms with Gasteiger partial charge in [0.1, 0.15) is 0 Å². The molecule has 100 valence electrons. The normalized spacial score (nSPS) is 14.3. The second-order valence-corrected chi connectivity index (χ2v) is 4.83. The minimum Gasteiger partial charge on any atom is -0.359 e. The number of hydrogen-bond donors (Lipinski definition) is 1. The molecule has 4 nitrogen and oxygen atoms in total. The summed E-state index contributed by atoms with van der Waals surface area (Å²) in [5.41, 5.74) is 3.91. The van der Waals surface area contributed by atoms with Gasteiger partial charge >= 0.3 is 0 Å². The van der Waals surface area contributed by atoms with Crippen LogP contribution in [0.25, 0.3) is 0 Å². The highest BCUT2D eigenvalue weighted by Crippen LogP contribution is 2.30. The fraction of sp³-hybridized carbons (Fsp3) is 0.333. The molecule has 0 aromatic heterocycles. The number of benzene rings is 1. The van der Waals surface area contributed by atoms with Crippen molar-refractivity contribution in [3.63, 3.8) is 0 Å². The molecular weight excluding hydrogens is 240 g/mol. The third-order valence-electron chi connectivity index (χ3n) is 3.12. The molecule has 0 saturated carbocycles. The van der Waals surface area contributed by atoms with Crippen LogP contribution in [0.15, 0.2) is 30.0 Å². The predicted octanol–water partition coefficient (Wildman–Crippen LogP) is 2.50. The zero-order chi connectivity index (χ0) is 14.0. The van der Waals surface area contributed by atoms with Crippen LogP contribution in [0.4, 0.5) is 11.4 Å². The van der Waals surface area contributed by atoms with Crippen molar-refractivity contribution in [1.82, 2.24) is 0 Å². The molecule has 1 N–H and O–H groups in total. The summed E-state index contributed by atoms with van der Waals surface area (Å²) in [6.07, 6.45) is 2.44. The molecule has 1 amide bonds. The highest BCUT2D eigenvalue weighted by molar-refractivity contribution is 5.94. The molecule has 0 aliphatic carbocycles. The Hall–Kier alpha value is -2.10. The first-order valence-corrected chi connectivity index (χ1v) is 6.34. The van der Waals surface area contributed by atoms with Crippen LogP contribution < -0.4 is 10.2 Å². The van der Waals surface area contributed by atoms with Gasteiger partial charge in [0.15, 0.2) is 5.78 Å². The second-order valence-electron chi connectivity index (χ2n) is 4.83. The van der Waals surface area contributed by atoms with Crippen LogP contribution in [0.5, 0.6) is 0 Å². The minimum atomic E-state index is 0.0221. The van der Waals surface area contributed by atoms with Gasteiger partial charge in [0, 0.05) is 30.5 Å². The molecule has 2 rings (SSSR count). The molecular formula is C15H18N2O2. The topological polar surface area (TPSA) is 49.4 Å². The number of carbonyl (C=O) groups excluding carboxylic acids is 2. The van der Waals surface area contributed by atoms with E-state index in [4.69, 9.17) is 0 Å². The van der Waals surface area contributed by atoms with Crippen LogP contribution in [-0.4, -0.2) is 18.2 Å². The molecule has 0 spiro atoms. The van der Waals surface area contributed by atoms with E-state index in [1.165, 1.54) is 6.92 Å². The van der Waals surface area contributed by atoms with Gasteiger partial charge in [0.05, 0.1) is 0 Å². The van der Waals surface area contributed by atoms with E-state index in [2.05, 4.69) is 5.32 Å². The molecule has 1 aliphatic heterocycles. The van der Waals surface area contributed by atoms with Gasteiger partial charge in [-0.05, 0) is 50.1 Å². The van der Waals surface area contributed by atoms with Crippen LogP contribution in [0.2, 0.25) is 0 Å². The highest BCUT2D eigenvalue weighted by atomic mass is 16.2. The van der Waals surface area contributed by atoms with Gasteiger partial charge in [-0.15, -0.1) is 0 Å². The Morgan fingerprint density at radius 2 is 2.00 bits per heavy atom. The monoisotopic (exact) mass is 258 g/mol. The first-order valence-electron chi connectivity index (χ1n) is 6.34. The number of rotatable bonds is 3. The average molecular weight is 258 g/mol. The standard InChI is InChI=1S/C15H18N2O2/c1-10(8-11(2)18)16-14-4-5-15-13(9-14)6-7-17(15)12(3)19/h4-5,8-9,16H,6-7H2,1-3H3/b10-8-. The van der Waals surface area contributed by atoms with Crippen LogP contribution >= 0.6 is 0 Å². The zero-order valence-electron chi connectivity index (χ0n) is 11.5. The quantitative estimate of drug-likeness (QED) is 0.847. The highest BCUT2D eigenvalue weighted by Gasteiger charge is 2.21. The molecule has 0 unspecified atom stereocenters. The van der Waals surface area contributed by atoms with E-state index in [1.807, 2.05) is 25.1 Å². The van der Waals surface area contributed by atoms with Crippen molar-refractivity contribution in [3.05, 3.63) is 35.5 Å². The lowest BCUT2D eigenvalue weighted by Crippen LogP contribution is -2.25. The summed E-state index contributed by atoms with van der Waals surface area (Å²) in [6, 6.07) is 5.92. The van der Waals surface area contributed by atoms with Crippen LogP contribution in [0, 0.1) is 0 Å². The molecule has 1 aliphatic rings. The smallest absolute Gasteiger partial charge is 0.223 e. The number of carbonyl (C=O) groups is 2. The summed E-state index contributed by atoms with van der Waals surface area (Å²) in [4.78, 5) is 24.2. The molecule has 0 atom stereocenters. The third-order valence-corrected chi connectivity index (χ3v) is 3.12. The van der Waals surface area contributed by atoms with Crippen molar-refractivity contribution in [2.75, 3.05) is 16.8 Å². The second kappa shape index (κ2) is 5.26. The largest absolute Gasteiger partial charge is 0.359 e. The summed E-state index contributed by atoms with van der Waals surface area (Å²) in [5, 5.41) is 3.18. The Morgan fingerprint density at radius 1 is 1.26 bits per heavy atom. The van der Waals surface area contributed by atoms with Crippen molar-refractivity contribution < 1.29 is 9.59 Å². The molecule has 1 aromatic carbocycles. The van der Waals surface area contributed by atoms with Crippen molar-refractivity contribution in [3.8, 4) is 0 Å². The summed E-state index contributed by atoms with van der Waals surface area (Å²) in [5.74, 6) is 0.0982. The number of fused-ring (bicyclic) bond motifs is 1. The van der Waals surface area contributed by atoms with Gasteiger partial charge in [0.2, 0.25) is 5.91 Å². The molecule has 0 radical (unpaired) electrons. The first kappa shape index (κ1) is 13.3. The third kappa shape index (κ3) is 3.02. The van der Waals surface area contributed by atoms with E-state index in [-0.39, 0.29) is 11.7 Å². The van der Waals surface area contributed by atoms with E-state index >= 15 is 0 Å². The Labute approximate surface area is 113 Å².